The van der Waals surface area contributed by atoms with Crippen LogP contribution >= 0.6 is 0 Å². The van der Waals surface area contributed by atoms with Crippen LogP contribution in [0, 0.1) is 6.92 Å². The average Bonchev–Trinajstić information content (AvgIpc) is 2.58. The number of carbonyl (C=O) groups is 1. The molecule has 0 radical (unpaired) electrons. The number of hydrogen-bond donors (Lipinski definition) is 3. The van der Waals surface area contributed by atoms with Gasteiger partial charge in [0.15, 0.2) is 0 Å². The standard InChI is InChI=1S/C10H19N5O/c1-3-15-9(6-8(2)14-15)7-12-4-5-13-10(11)16/h6,12H,3-5,7H2,1-2H3,(H3,11,13,16). The van der Waals surface area contributed by atoms with E-state index in [2.05, 4.69) is 28.7 Å². The van der Waals surface area contributed by atoms with Crippen LogP contribution in [-0.2, 0) is 13.1 Å². The molecule has 90 valence electrons. The molecule has 0 unspecified atom stereocenters. The Morgan fingerprint density at radius 2 is 2.31 bits per heavy atom. The van der Waals surface area contributed by atoms with Gasteiger partial charge in [0.1, 0.15) is 0 Å². The largest absolute Gasteiger partial charge is 0.352 e. The summed E-state index contributed by atoms with van der Waals surface area (Å²) in [5.41, 5.74) is 7.12. The third kappa shape index (κ3) is 3.90. The summed E-state index contributed by atoms with van der Waals surface area (Å²) in [4.78, 5) is 10.4. The van der Waals surface area contributed by atoms with E-state index in [4.69, 9.17) is 5.73 Å². The summed E-state index contributed by atoms with van der Waals surface area (Å²) in [5, 5.41) is 10.1. The lowest BCUT2D eigenvalue weighted by Crippen LogP contribution is -2.35. The number of rotatable bonds is 6. The van der Waals surface area contributed by atoms with Crippen molar-refractivity contribution < 1.29 is 4.79 Å². The normalized spacial score (nSPS) is 10.4. The van der Waals surface area contributed by atoms with Crippen LogP contribution in [0.2, 0.25) is 0 Å². The lowest BCUT2D eigenvalue weighted by atomic mass is 10.3. The van der Waals surface area contributed by atoms with Gasteiger partial charge in [0.25, 0.3) is 0 Å². The molecule has 0 aromatic carbocycles. The van der Waals surface area contributed by atoms with E-state index in [0.29, 0.717) is 13.1 Å². The molecule has 1 rings (SSSR count). The van der Waals surface area contributed by atoms with Crippen molar-refractivity contribution in [3.8, 4) is 0 Å². The van der Waals surface area contributed by atoms with Crippen molar-refractivity contribution >= 4 is 6.03 Å². The summed E-state index contributed by atoms with van der Waals surface area (Å²) in [5.74, 6) is 0. The Hall–Kier alpha value is -1.56. The van der Waals surface area contributed by atoms with Gasteiger partial charge in [0.05, 0.1) is 11.4 Å². The lowest BCUT2D eigenvalue weighted by Gasteiger charge is -2.06. The summed E-state index contributed by atoms with van der Waals surface area (Å²) in [6.45, 7) is 6.87. The number of nitrogens with zero attached hydrogens (tertiary/aromatic N) is 2. The second-order valence-corrected chi connectivity index (χ2v) is 3.56. The molecule has 1 heterocycles. The molecule has 1 aromatic rings. The van der Waals surface area contributed by atoms with Crippen LogP contribution in [0.4, 0.5) is 4.79 Å². The number of carbonyl (C=O) groups excluding carboxylic acids is 1. The summed E-state index contributed by atoms with van der Waals surface area (Å²) in [7, 11) is 0. The minimum absolute atomic E-state index is 0.490. The highest BCUT2D eigenvalue weighted by Gasteiger charge is 2.02. The summed E-state index contributed by atoms with van der Waals surface area (Å²) in [6.07, 6.45) is 0. The topological polar surface area (TPSA) is 85.0 Å². The van der Waals surface area contributed by atoms with Gasteiger partial charge >= 0.3 is 6.03 Å². The van der Waals surface area contributed by atoms with Crippen molar-refractivity contribution in [3.05, 3.63) is 17.5 Å². The highest BCUT2D eigenvalue weighted by Crippen LogP contribution is 2.02. The zero-order valence-corrected chi connectivity index (χ0v) is 9.79. The Morgan fingerprint density at radius 3 is 2.94 bits per heavy atom. The smallest absolute Gasteiger partial charge is 0.312 e. The molecule has 0 saturated heterocycles. The monoisotopic (exact) mass is 225 g/mol. The van der Waals surface area contributed by atoms with Crippen LogP contribution in [0.1, 0.15) is 18.3 Å². The fourth-order valence-corrected chi connectivity index (χ4v) is 1.51. The number of hydrogen-bond acceptors (Lipinski definition) is 3. The van der Waals surface area contributed by atoms with Crippen molar-refractivity contribution in [3.63, 3.8) is 0 Å². The highest BCUT2D eigenvalue weighted by atomic mass is 16.2. The Kier molecular flexibility index (Phi) is 4.78. The van der Waals surface area contributed by atoms with E-state index in [9.17, 15) is 4.79 Å². The summed E-state index contributed by atoms with van der Waals surface area (Å²) < 4.78 is 1.96. The fraction of sp³-hybridized carbons (Fsp3) is 0.600. The van der Waals surface area contributed by atoms with E-state index in [0.717, 1.165) is 24.5 Å². The van der Waals surface area contributed by atoms with Gasteiger partial charge in [-0.1, -0.05) is 0 Å². The van der Waals surface area contributed by atoms with Crippen LogP contribution in [0.3, 0.4) is 0 Å². The van der Waals surface area contributed by atoms with Crippen molar-refractivity contribution in [2.45, 2.75) is 26.9 Å². The number of primary amides is 1. The van der Waals surface area contributed by atoms with E-state index in [1.165, 1.54) is 0 Å². The first kappa shape index (κ1) is 12.5. The fourth-order valence-electron chi connectivity index (χ4n) is 1.51. The first-order valence-corrected chi connectivity index (χ1v) is 5.40. The molecular weight excluding hydrogens is 206 g/mol. The molecule has 4 N–H and O–H groups in total. The Morgan fingerprint density at radius 1 is 1.56 bits per heavy atom. The van der Waals surface area contributed by atoms with Crippen LogP contribution in [0.15, 0.2) is 6.07 Å². The van der Waals surface area contributed by atoms with E-state index < -0.39 is 6.03 Å². The van der Waals surface area contributed by atoms with Crippen LogP contribution < -0.4 is 16.4 Å². The molecular formula is C10H19N5O. The van der Waals surface area contributed by atoms with Gasteiger partial charge in [-0.05, 0) is 19.9 Å². The van der Waals surface area contributed by atoms with Crippen molar-refractivity contribution in [1.82, 2.24) is 20.4 Å². The second-order valence-electron chi connectivity index (χ2n) is 3.56. The molecule has 0 aliphatic rings. The van der Waals surface area contributed by atoms with E-state index in [-0.39, 0.29) is 0 Å². The van der Waals surface area contributed by atoms with Crippen LogP contribution in [0.25, 0.3) is 0 Å². The number of nitrogens with one attached hydrogen (secondary N) is 2. The van der Waals surface area contributed by atoms with Gasteiger partial charge in [0.2, 0.25) is 0 Å². The predicted molar refractivity (Wildman–Crippen MR) is 61.9 cm³/mol. The second kappa shape index (κ2) is 6.12. The first-order chi connectivity index (χ1) is 7.63. The number of aromatic nitrogens is 2. The van der Waals surface area contributed by atoms with Crippen molar-refractivity contribution in [1.29, 1.82) is 0 Å². The number of nitrogens with two attached hydrogens (primary N) is 1. The number of urea groups is 1. The van der Waals surface area contributed by atoms with Gasteiger partial charge < -0.3 is 16.4 Å². The van der Waals surface area contributed by atoms with Crippen molar-refractivity contribution in [2.24, 2.45) is 5.73 Å². The van der Waals surface area contributed by atoms with Gasteiger partial charge in [-0.2, -0.15) is 5.10 Å². The van der Waals surface area contributed by atoms with Crippen molar-refractivity contribution in [2.75, 3.05) is 13.1 Å². The molecule has 0 bridgehead atoms. The van der Waals surface area contributed by atoms with Gasteiger partial charge in [-0.25, -0.2) is 4.79 Å². The zero-order valence-electron chi connectivity index (χ0n) is 9.79. The zero-order chi connectivity index (χ0) is 12.0. The molecule has 0 aliphatic heterocycles. The molecule has 0 aliphatic carbocycles. The maximum absolute atomic E-state index is 10.4. The molecule has 1 aromatic heterocycles. The van der Waals surface area contributed by atoms with E-state index in [1.54, 1.807) is 0 Å². The van der Waals surface area contributed by atoms with Gasteiger partial charge in [-0.3, -0.25) is 4.68 Å². The van der Waals surface area contributed by atoms with E-state index in [1.807, 2.05) is 11.6 Å². The average molecular weight is 225 g/mol. The predicted octanol–water partition coefficient (Wildman–Crippen LogP) is -0.0307. The molecule has 16 heavy (non-hydrogen) atoms. The first-order valence-electron chi connectivity index (χ1n) is 5.40. The minimum Gasteiger partial charge on any atom is -0.352 e. The maximum atomic E-state index is 10.4. The molecule has 0 spiro atoms. The third-order valence-corrected chi connectivity index (χ3v) is 2.19. The Bertz CT molecular complexity index is 347. The lowest BCUT2D eigenvalue weighted by molar-refractivity contribution is 0.249. The quantitative estimate of drug-likeness (QED) is 0.594. The summed E-state index contributed by atoms with van der Waals surface area (Å²) in [6, 6.07) is 1.56. The van der Waals surface area contributed by atoms with Gasteiger partial charge in [-0.15, -0.1) is 0 Å². The molecule has 6 nitrogen and oxygen atoms in total. The highest BCUT2D eigenvalue weighted by molar-refractivity contribution is 5.71. The van der Waals surface area contributed by atoms with Crippen LogP contribution in [0.5, 0.6) is 0 Å². The number of amides is 2. The molecule has 0 fully saturated rings. The SMILES string of the molecule is CCn1nc(C)cc1CNCCNC(N)=O. The Labute approximate surface area is 95.2 Å². The molecule has 0 atom stereocenters. The molecule has 6 heteroatoms. The molecule has 0 saturated carbocycles. The third-order valence-electron chi connectivity index (χ3n) is 2.19. The van der Waals surface area contributed by atoms with E-state index >= 15 is 0 Å². The Balaban J connectivity index is 2.28. The minimum atomic E-state index is -0.490. The number of aryl methyl sites for hydroxylation is 2. The maximum Gasteiger partial charge on any atom is 0.312 e. The van der Waals surface area contributed by atoms with Gasteiger partial charge in [0, 0.05) is 26.2 Å². The van der Waals surface area contributed by atoms with Crippen LogP contribution in [-0.4, -0.2) is 28.9 Å². The molecule has 2 amide bonds. The summed E-state index contributed by atoms with van der Waals surface area (Å²) >= 11 is 0.